The van der Waals surface area contributed by atoms with Crippen molar-refractivity contribution in [3.05, 3.63) is 95.8 Å². The molecule has 6 heteroatoms. The summed E-state index contributed by atoms with van der Waals surface area (Å²) >= 11 is 0. The Kier molecular flexibility index (Phi) is 5.39. The first-order valence-corrected chi connectivity index (χ1v) is 9.50. The quantitative estimate of drug-likeness (QED) is 0.485. The molecular formula is C24H21FN2O3. The van der Waals surface area contributed by atoms with Gasteiger partial charge in [-0.1, -0.05) is 12.1 Å². The molecular weight excluding hydrogens is 383 g/mol. The smallest absolute Gasteiger partial charge is 0.253 e. The van der Waals surface area contributed by atoms with Gasteiger partial charge in [0.25, 0.3) is 5.91 Å². The maximum atomic E-state index is 13.5. The van der Waals surface area contributed by atoms with Crippen molar-refractivity contribution in [2.24, 2.45) is 0 Å². The molecule has 152 valence electrons. The fourth-order valence-electron chi connectivity index (χ4n) is 3.43. The van der Waals surface area contributed by atoms with E-state index in [-0.39, 0.29) is 11.7 Å². The highest BCUT2D eigenvalue weighted by Gasteiger charge is 2.20. The second-order valence-corrected chi connectivity index (χ2v) is 6.83. The Bertz CT molecular complexity index is 1160. The molecule has 0 aliphatic rings. The molecule has 0 saturated carbocycles. The summed E-state index contributed by atoms with van der Waals surface area (Å²) in [5.74, 6) is 0.852. The SMILES string of the molecule is COc1cccc(-c2cc(C(=O)NCc3ccco3)c(C)n2-c2ccc(F)cc2)c1. The van der Waals surface area contributed by atoms with Crippen LogP contribution in [0.5, 0.6) is 5.75 Å². The van der Waals surface area contributed by atoms with E-state index in [1.807, 2.05) is 41.8 Å². The van der Waals surface area contributed by atoms with Crippen LogP contribution < -0.4 is 10.1 Å². The van der Waals surface area contributed by atoms with Crippen LogP contribution in [-0.4, -0.2) is 17.6 Å². The fourth-order valence-corrected chi connectivity index (χ4v) is 3.43. The van der Waals surface area contributed by atoms with Gasteiger partial charge >= 0.3 is 0 Å². The van der Waals surface area contributed by atoms with Gasteiger partial charge in [-0.25, -0.2) is 4.39 Å². The van der Waals surface area contributed by atoms with Gasteiger partial charge in [-0.05, 0) is 61.5 Å². The molecule has 4 aromatic rings. The molecule has 0 bridgehead atoms. The lowest BCUT2D eigenvalue weighted by Crippen LogP contribution is -2.23. The summed E-state index contributed by atoms with van der Waals surface area (Å²) in [6.45, 7) is 2.16. The van der Waals surface area contributed by atoms with Gasteiger partial charge < -0.3 is 19.0 Å². The molecule has 0 radical (unpaired) electrons. The highest BCUT2D eigenvalue weighted by Crippen LogP contribution is 2.31. The number of aromatic nitrogens is 1. The second-order valence-electron chi connectivity index (χ2n) is 6.83. The van der Waals surface area contributed by atoms with E-state index in [1.165, 1.54) is 12.1 Å². The van der Waals surface area contributed by atoms with Gasteiger partial charge in [0.1, 0.15) is 17.3 Å². The molecule has 1 amide bonds. The number of amides is 1. The first-order chi connectivity index (χ1) is 14.6. The van der Waals surface area contributed by atoms with Crippen LogP contribution in [0.3, 0.4) is 0 Å². The normalized spacial score (nSPS) is 10.8. The number of nitrogens with zero attached hydrogens (tertiary/aromatic N) is 1. The molecule has 4 rings (SSSR count). The average molecular weight is 404 g/mol. The summed E-state index contributed by atoms with van der Waals surface area (Å²) in [4.78, 5) is 12.9. The van der Waals surface area contributed by atoms with E-state index < -0.39 is 0 Å². The number of carbonyl (C=O) groups excluding carboxylic acids is 1. The number of nitrogens with one attached hydrogen (secondary N) is 1. The third kappa shape index (κ3) is 3.85. The summed E-state index contributed by atoms with van der Waals surface area (Å²) in [5, 5.41) is 2.89. The van der Waals surface area contributed by atoms with E-state index in [1.54, 1.807) is 37.6 Å². The van der Waals surface area contributed by atoms with Crippen LogP contribution in [0.15, 0.2) is 77.4 Å². The zero-order valence-corrected chi connectivity index (χ0v) is 16.7. The largest absolute Gasteiger partial charge is 0.497 e. The summed E-state index contributed by atoms with van der Waals surface area (Å²) in [5.41, 5.74) is 3.73. The number of benzene rings is 2. The molecule has 2 heterocycles. The van der Waals surface area contributed by atoms with Gasteiger partial charge in [0.15, 0.2) is 0 Å². The van der Waals surface area contributed by atoms with Gasteiger partial charge in [-0.15, -0.1) is 0 Å². The van der Waals surface area contributed by atoms with Crippen molar-refractivity contribution in [2.75, 3.05) is 7.11 Å². The first-order valence-electron chi connectivity index (χ1n) is 9.50. The molecule has 0 fully saturated rings. The van der Waals surface area contributed by atoms with Crippen molar-refractivity contribution in [1.29, 1.82) is 0 Å². The summed E-state index contributed by atoms with van der Waals surface area (Å²) in [6.07, 6.45) is 1.57. The van der Waals surface area contributed by atoms with Crippen molar-refractivity contribution < 1.29 is 18.3 Å². The van der Waals surface area contributed by atoms with Crippen LogP contribution in [0.1, 0.15) is 21.8 Å². The van der Waals surface area contributed by atoms with Crippen molar-refractivity contribution in [2.45, 2.75) is 13.5 Å². The molecule has 0 aliphatic heterocycles. The van der Waals surface area contributed by atoms with Gasteiger partial charge in [0, 0.05) is 16.9 Å². The molecule has 1 N–H and O–H groups in total. The van der Waals surface area contributed by atoms with Gasteiger partial charge in [0.2, 0.25) is 0 Å². The maximum absolute atomic E-state index is 13.5. The lowest BCUT2D eigenvalue weighted by molar-refractivity contribution is 0.0947. The average Bonchev–Trinajstić information content (AvgIpc) is 3.41. The predicted octanol–water partition coefficient (Wildman–Crippen LogP) is 5.12. The molecule has 2 aromatic carbocycles. The van der Waals surface area contributed by atoms with Crippen LogP contribution >= 0.6 is 0 Å². The zero-order chi connectivity index (χ0) is 21.1. The minimum Gasteiger partial charge on any atom is -0.497 e. The van der Waals surface area contributed by atoms with Gasteiger partial charge in [0.05, 0.1) is 31.2 Å². The highest BCUT2D eigenvalue weighted by atomic mass is 19.1. The Balaban J connectivity index is 1.78. The molecule has 2 aromatic heterocycles. The van der Waals surface area contributed by atoms with Crippen LogP contribution in [0, 0.1) is 12.7 Å². The zero-order valence-electron chi connectivity index (χ0n) is 16.7. The topological polar surface area (TPSA) is 56.4 Å². The number of furan rings is 1. The second kappa shape index (κ2) is 8.29. The molecule has 0 spiro atoms. The summed E-state index contributed by atoms with van der Waals surface area (Å²) in [6, 6.07) is 19.2. The standard InChI is InChI=1S/C24H21FN2O3/c1-16-22(24(28)26-15-21-7-4-12-30-21)14-23(17-5-3-6-20(13-17)29-2)27(16)19-10-8-18(25)9-11-19/h3-14H,15H2,1-2H3,(H,26,28). The first kappa shape index (κ1) is 19.5. The molecule has 0 saturated heterocycles. The Morgan fingerprint density at radius 3 is 2.60 bits per heavy atom. The summed E-state index contributed by atoms with van der Waals surface area (Å²) < 4.78 is 26.1. The Hall–Kier alpha value is -3.80. The summed E-state index contributed by atoms with van der Waals surface area (Å²) in [7, 11) is 1.61. The molecule has 30 heavy (non-hydrogen) atoms. The third-order valence-corrected chi connectivity index (χ3v) is 4.95. The van der Waals surface area contributed by atoms with Gasteiger partial charge in [-0.2, -0.15) is 0 Å². The number of carbonyl (C=O) groups is 1. The van der Waals surface area contributed by atoms with Crippen LogP contribution in [0.25, 0.3) is 16.9 Å². The van der Waals surface area contributed by atoms with E-state index >= 15 is 0 Å². The van der Waals surface area contributed by atoms with Crippen molar-refractivity contribution in [3.63, 3.8) is 0 Å². The van der Waals surface area contributed by atoms with E-state index in [0.29, 0.717) is 23.6 Å². The monoisotopic (exact) mass is 404 g/mol. The number of hydrogen-bond acceptors (Lipinski definition) is 3. The number of rotatable bonds is 6. The fraction of sp³-hybridized carbons (Fsp3) is 0.125. The highest BCUT2D eigenvalue weighted by molar-refractivity contribution is 5.97. The lowest BCUT2D eigenvalue weighted by Gasteiger charge is -2.13. The van der Waals surface area contributed by atoms with E-state index in [9.17, 15) is 9.18 Å². The van der Waals surface area contributed by atoms with Crippen molar-refractivity contribution in [1.82, 2.24) is 9.88 Å². The molecule has 5 nitrogen and oxygen atoms in total. The lowest BCUT2D eigenvalue weighted by atomic mass is 10.1. The van der Waals surface area contributed by atoms with Crippen LogP contribution in [0.4, 0.5) is 4.39 Å². The minimum absolute atomic E-state index is 0.214. The van der Waals surface area contributed by atoms with E-state index in [4.69, 9.17) is 9.15 Å². The minimum atomic E-state index is -0.317. The Morgan fingerprint density at radius 2 is 1.90 bits per heavy atom. The van der Waals surface area contributed by atoms with Crippen LogP contribution in [-0.2, 0) is 6.54 Å². The Morgan fingerprint density at radius 1 is 1.10 bits per heavy atom. The number of methoxy groups -OCH3 is 1. The maximum Gasteiger partial charge on any atom is 0.253 e. The number of ether oxygens (including phenoxy) is 1. The predicted molar refractivity (Wildman–Crippen MR) is 112 cm³/mol. The Labute approximate surface area is 173 Å². The molecule has 0 aliphatic carbocycles. The van der Waals surface area contributed by atoms with Crippen LogP contribution in [0.2, 0.25) is 0 Å². The van der Waals surface area contributed by atoms with Crippen molar-refractivity contribution in [3.8, 4) is 22.7 Å². The van der Waals surface area contributed by atoms with Crippen molar-refractivity contribution >= 4 is 5.91 Å². The third-order valence-electron chi connectivity index (χ3n) is 4.95. The molecule has 0 unspecified atom stereocenters. The number of halogens is 1. The van der Waals surface area contributed by atoms with E-state index in [0.717, 1.165) is 22.6 Å². The molecule has 0 atom stereocenters. The number of hydrogen-bond donors (Lipinski definition) is 1. The van der Waals surface area contributed by atoms with Gasteiger partial charge in [-0.3, -0.25) is 4.79 Å². The van der Waals surface area contributed by atoms with E-state index in [2.05, 4.69) is 5.32 Å².